The van der Waals surface area contributed by atoms with Gasteiger partial charge in [-0.3, -0.25) is 9.69 Å². The summed E-state index contributed by atoms with van der Waals surface area (Å²) in [5.74, 6) is 1.94. The van der Waals surface area contributed by atoms with Crippen molar-refractivity contribution >= 4 is 40.6 Å². The minimum atomic E-state index is 0.130. The number of carbonyl (C=O) groups is 1. The van der Waals surface area contributed by atoms with Crippen molar-refractivity contribution in [3.63, 3.8) is 0 Å². The second kappa shape index (κ2) is 10.0. The SMILES string of the molecule is COc1ccccc1-c1nnc(SCC(=O)N2CCN(Cc3ccc(Cl)s3)CC2)n1C. The van der Waals surface area contributed by atoms with Crippen LogP contribution in [0.15, 0.2) is 41.6 Å². The quantitative estimate of drug-likeness (QED) is 0.484. The number of rotatable bonds is 7. The molecule has 1 fully saturated rings. The molecule has 31 heavy (non-hydrogen) atoms. The number of benzene rings is 1. The Morgan fingerprint density at radius 2 is 1.94 bits per heavy atom. The molecule has 0 unspecified atom stereocenters. The fourth-order valence-corrected chi connectivity index (χ4v) is 5.48. The van der Waals surface area contributed by atoms with Crippen molar-refractivity contribution in [3.05, 3.63) is 45.6 Å². The van der Waals surface area contributed by atoms with Crippen molar-refractivity contribution in [2.75, 3.05) is 39.0 Å². The van der Waals surface area contributed by atoms with E-state index >= 15 is 0 Å². The maximum absolute atomic E-state index is 12.7. The highest BCUT2D eigenvalue weighted by Gasteiger charge is 2.23. The lowest BCUT2D eigenvalue weighted by Gasteiger charge is -2.34. The van der Waals surface area contributed by atoms with Gasteiger partial charge in [0.25, 0.3) is 0 Å². The number of hydrogen-bond acceptors (Lipinski definition) is 7. The van der Waals surface area contributed by atoms with E-state index in [-0.39, 0.29) is 5.91 Å². The number of ether oxygens (including phenoxy) is 1. The van der Waals surface area contributed by atoms with Crippen LogP contribution in [-0.4, -0.2) is 69.5 Å². The predicted molar refractivity (Wildman–Crippen MR) is 125 cm³/mol. The Labute approximate surface area is 195 Å². The van der Waals surface area contributed by atoms with E-state index in [1.165, 1.54) is 16.6 Å². The van der Waals surface area contributed by atoms with Crippen LogP contribution in [0, 0.1) is 0 Å². The Kier molecular flexibility index (Phi) is 7.16. The highest BCUT2D eigenvalue weighted by molar-refractivity contribution is 7.99. The summed E-state index contributed by atoms with van der Waals surface area (Å²) in [7, 11) is 3.54. The van der Waals surface area contributed by atoms with Crippen molar-refractivity contribution in [2.45, 2.75) is 11.7 Å². The fourth-order valence-electron chi connectivity index (χ4n) is 3.53. The van der Waals surface area contributed by atoms with Gasteiger partial charge in [-0.25, -0.2) is 0 Å². The van der Waals surface area contributed by atoms with Gasteiger partial charge in [-0.05, 0) is 24.3 Å². The number of amides is 1. The smallest absolute Gasteiger partial charge is 0.233 e. The topological polar surface area (TPSA) is 63.5 Å². The van der Waals surface area contributed by atoms with E-state index in [4.69, 9.17) is 16.3 Å². The van der Waals surface area contributed by atoms with E-state index in [1.807, 2.05) is 46.8 Å². The van der Waals surface area contributed by atoms with Crippen molar-refractivity contribution in [3.8, 4) is 17.1 Å². The highest BCUT2D eigenvalue weighted by atomic mass is 35.5. The maximum Gasteiger partial charge on any atom is 0.233 e. The number of halogens is 1. The Balaban J connectivity index is 1.30. The summed E-state index contributed by atoms with van der Waals surface area (Å²) in [5.41, 5.74) is 0.876. The van der Waals surface area contributed by atoms with Crippen LogP contribution < -0.4 is 4.74 Å². The van der Waals surface area contributed by atoms with E-state index in [2.05, 4.69) is 21.2 Å². The summed E-state index contributed by atoms with van der Waals surface area (Å²) in [6.45, 7) is 4.11. The van der Waals surface area contributed by atoms with Crippen molar-refractivity contribution in [2.24, 2.45) is 7.05 Å². The van der Waals surface area contributed by atoms with E-state index in [1.54, 1.807) is 18.4 Å². The van der Waals surface area contributed by atoms with Gasteiger partial charge in [0.15, 0.2) is 11.0 Å². The lowest BCUT2D eigenvalue weighted by atomic mass is 10.2. The number of piperazine rings is 1. The van der Waals surface area contributed by atoms with E-state index in [0.717, 1.165) is 54.2 Å². The lowest BCUT2D eigenvalue weighted by Crippen LogP contribution is -2.48. The fraction of sp³-hybridized carbons (Fsp3) is 0.381. The lowest BCUT2D eigenvalue weighted by molar-refractivity contribution is -0.130. The van der Waals surface area contributed by atoms with Crippen LogP contribution in [0.3, 0.4) is 0 Å². The number of thioether (sulfide) groups is 1. The molecule has 3 heterocycles. The molecule has 0 radical (unpaired) electrons. The Morgan fingerprint density at radius 1 is 1.16 bits per heavy atom. The number of aromatic nitrogens is 3. The summed E-state index contributed by atoms with van der Waals surface area (Å²) < 4.78 is 8.15. The monoisotopic (exact) mass is 477 g/mol. The number of thiophene rings is 1. The molecule has 2 aromatic heterocycles. The molecule has 1 amide bonds. The molecule has 1 aliphatic rings. The highest BCUT2D eigenvalue weighted by Crippen LogP contribution is 2.30. The Hall–Kier alpha value is -2.07. The third-order valence-corrected chi connectivity index (χ3v) is 7.46. The van der Waals surface area contributed by atoms with Crippen molar-refractivity contribution < 1.29 is 9.53 Å². The molecule has 0 atom stereocenters. The third-order valence-electron chi connectivity index (χ3n) is 5.24. The number of nitrogens with zero attached hydrogens (tertiary/aromatic N) is 5. The van der Waals surface area contributed by atoms with E-state index in [0.29, 0.717) is 10.9 Å². The largest absolute Gasteiger partial charge is 0.496 e. The van der Waals surface area contributed by atoms with Gasteiger partial charge in [0, 0.05) is 44.6 Å². The molecular formula is C21H24ClN5O2S2. The number of carbonyl (C=O) groups excluding carboxylic acids is 1. The molecule has 0 saturated carbocycles. The van der Waals surface area contributed by atoms with Crippen molar-refractivity contribution in [1.82, 2.24) is 24.6 Å². The second-order valence-electron chi connectivity index (χ2n) is 7.22. The Bertz CT molecular complexity index is 1050. The average molecular weight is 478 g/mol. The molecule has 0 aliphatic carbocycles. The van der Waals surface area contributed by atoms with Gasteiger partial charge >= 0.3 is 0 Å². The first kappa shape index (κ1) is 22.1. The molecule has 0 bridgehead atoms. The normalized spacial score (nSPS) is 14.7. The van der Waals surface area contributed by atoms with Gasteiger partial charge in [0.05, 0.1) is 22.8 Å². The van der Waals surface area contributed by atoms with E-state index < -0.39 is 0 Å². The second-order valence-corrected chi connectivity index (χ2v) is 9.96. The van der Waals surface area contributed by atoms with Gasteiger partial charge in [0.1, 0.15) is 5.75 Å². The minimum absolute atomic E-state index is 0.130. The summed E-state index contributed by atoms with van der Waals surface area (Å²) in [5, 5.41) is 9.30. The number of hydrogen-bond donors (Lipinski definition) is 0. The van der Waals surface area contributed by atoms with Crippen LogP contribution in [0.2, 0.25) is 4.34 Å². The Morgan fingerprint density at radius 3 is 2.65 bits per heavy atom. The minimum Gasteiger partial charge on any atom is -0.496 e. The summed E-state index contributed by atoms with van der Waals surface area (Å²) in [6.07, 6.45) is 0. The van der Waals surface area contributed by atoms with Crippen LogP contribution in [0.25, 0.3) is 11.4 Å². The molecule has 7 nitrogen and oxygen atoms in total. The van der Waals surface area contributed by atoms with Gasteiger partial charge < -0.3 is 14.2 Å². The van der Waals surface area contributed by atoms with Crippen LogP contribution in [0.5, 0.6) is 5.75 Å². The molecule has 4 rings (SSSR count). The van der Waals surface area contributed by atoms with Crippen molar-refractivity contribution in [1.29, 1.82) is 0 Å². The number of para-hydroxylation sites is 1. The zero-order valence-electron chi connectivity index (χ0n) is 17.5. The molecule has 0 spiro atoms. The third kappa shape index (κ3) is 5.23. The summed E-state index contributed by atoms with van der Waals surface area (Å²) >= 11 is 9.05. The maximum atomic E-state index is 12.7. The first-order chi connectivity index (χ1) is 15.0. The molecule has 1 aromatic carbocycles. The van der Waals surface area contributed by atoms with Crippen LogP contribution in [0.1, 0.15) is 4.88 Å². The summed E-state index contributed by atoms with van der Waals surface area (Å²) in [4.78, 5) is 18.3. The average Bonchev–Trinajstić information content (AvgIpc) is 3.37. The molecule has 3 aromatic rings. The van der Waals surface area contributed by atoms with Gasteiger partial charge in [0.2, 0.25) is 5.91 Å². The van der Waals surface area contributed by atoms with Crippen LogP contribution >= 0.6 is 34.7 Å². The number of methoxy groups -OCH3 is 1. The first-order valence-electron chi connectivity index (χ1n) is 9.95. The predicted octanol–water partition coefficient (Wildman–Crippen LogP) is 3.64. The summed E-state index contributed by atoms with van der Waals surface area (Å²) in [6, 6.07) is 11.7. The van der Waals surface area contributed by atoms with Crippen LogP contribution in [0.4, 0.5) is 0 Å². The molecule has 10 heteroatoms. The van der Waals surface area contributed by atoms with Gasteiger partial charge in [-0.15, -0.1) is 21.5 Å². The van der Waals surface area contributed by atoms with Crippen LogP contribution in [-0.2, 0) is 18.4 Å². The molecule has 0 N–H and O–H groups in total. The van der Waals surface area contributed by atoms with Gasteiger partial charge in [-0.1, -0.05) is 35.5 Å². The molecule has 1 aliphatic heterocycles. The molecule has 164 valence electrons. The molecular weight excluding hydrogens is 454 g/mol. The first-order valence-corrected chi connectivity index (χ1v) is 12.1. The van der Waals surface area contributed by atoms with Gasteiger partial charge in [-0.2, -0.15) is 0 Å². The zero-order valence-corrected chi connectivity index (χ0v) is 19.8. The molecule has 1 saturated heterocycles. The van der Waals surface area contributed by atoms with E-state index in [9.17, 15) is 4.79 Å². The standard InChI is InChI=1S/C21H24ClN5O2S2/c1-25-20(16-5-3-4-6-17(16)29-2)23-24-21(25)30-14-19(28)27-11-9-26(10-12-27)13-15-7-8-18(22)31-15/h3-8H,9-14H2,1-2H3. The zero-order chi connectivity index (χ0) is 21.8.